The lowest BCUT2D eigenvalue weighted by Gasteiger charge is -2.39. The summed E-state index contributed by atoms with van der Waals surface area (Å²) < 4.78 is 5.21. The van der Waals surface area contributed by atoms with Crippen molar-refractivity contribution in [2.24, 2.45) is 0 Å². The molecular formula is C17H26N2O. The summed E-state index contributed by atoms with van der Waals surface area (Å²) in [6.45, 7) is 3.51. The lowest BCUT2D eigenvalue weighted by Crippen LogP contribution is -2.51. The van der Waals surface area contributed by atoms with Crippen LogP contribution in [0.5, 0.6) is 5.75 Å². The van der Waals surface area contributed by atoms with Gasteiger partial charge in [-0.2, -0.15) is 0 Å². The second-order valence-corrected chi connectivity index (χ2v) is 6.30. The van der Waals surface area contributed by atoms with Crippen LogP contribution in [0.25, 0.3) is 0 Å². The number of nitrogens with one attached hydrogen (secondary N) is 2. The zero-order chi connectivity index (χ0) is 13.9. The first-order valence-electron chi connectivity index (χ1n) is 7.89. The summed E-state index contributed by atoms with van der Waals surface area (Å²) in [5, 5.41) is 7.38. The molecule has 0 bridgehead atoms. The molecule has 2 fully saturated rings. The van der Waals surface area contributed by atoms with Crippen LogP contribution in [0.4, 0.5) is 0 Å². The minimum atomic E-state index is 0.597. The number of hydrogen-bond donors (Lipinski definition) is 2. The van der Waals surface area contributed by atoms with Crippen molar-refractivity contribution in [2.75, 3.05) is 13.7 Å². The molecule has 1 aromatic rings. The third-order valence-corrected chi connectivity index (χ3v) is 4.93. The maximum Gasteiger partial charge on any atom is 0.118 e. The molecule has 3 nitrogen and oxygen atoms in total. The van der Waals surface area contributed by atoms with E-state index in [-0.39, 0.29) is 0 Å². The lowest BCUT2D eigenvalue weighted by molar-refractivity contribution is 0.251. The van der Waals surface area contributed by atoms with E-state index >= 15 is 0 Å². The van der Waals surface area contributed by atoms with E-state index in [1.54, 1.807) is 7.11 Å². The Morgan fingerprint density at radius 1 is 1.25 bits per heavy atom. The highest BCUT2D eigenvalue weighted by Crippen LogP contribution is 2.37. The van der Waals surface area contributed by atoms with E-state index in [1.807, 2.05) is 0 Å². The zero-order valence-electron chi connectivity index (χ0n) is 12.6. The van der Waals surface area contributed by atoms with Crippen molar-refractivity contribution in [2.45, 2.75) is 56.7 Å². The van der Waals surface area contributed by atoms with Crippen LogP contribution >= 0.6 is 0 Å². The van der Waals surface area contributed by atoms with Crippen LogP contribution in [-0.2, 0) is 0 Å². The maximum atomic E-state index is 5.21. The van der Waals surface area contributed by atoms with E-state index in [9.17, 15) is 0 Å². The molecule has 0 radical (unpaired) electrons. The molecule has 1 aromatic carbocycles. The third-order valence-electron chi connectivity index (χ3n) is 4.93. The summed E-state index contributed by atoms with van der Waals surface area (Å²) in [6.07, 6.45) is 5.19. The monoisotopic (exact) mass is 274 g/mol. The molecule has 1 heterocycles. The average molecular weight is 274 g/mol. The van der Waals surface area contributed by atoms with E-state index in [2.05, 4.69) is 41.8 Å². The molecule has 1 aliphatic heterocycles. The molecule has 1 unspecified atom stereocenters. The molecule has 0 spiro atoms. The van der Waals surface area contributed by atoms with Crippen LogP contribution in [0, 0.1) is 0 Å². The third kappa shape index (κ3) is 2.99. The molecule has 2 N–H and O–H groups in total. The van der Waals surface area contributed by atoms with Crippen molar-refractivity contribution >= 4 is 0 Å². The predicted octanol–water partition coefficient (Wildman–Crippen LogP) is 2.67. The summed E-state index contributed by atoms with van der Waals surface area (Å²) in [6, 6.07) is 10.5. The van der Waals surface area contributed by atoms with Gasteiger partial charge in [0.05, 0.1) is 7.11 Å². The molecule has 20 heavy (non-hydrogen) atoms. The molecule has 0 amide bonds. The Hall–Kier alpha value is -1.06. The van der Waals surface area contributed by atoms with Gasteiger partial charge < -0.3 is 15.4 Å². The largest absolute Gasteiger partial charge is 0.497 e. The van der Waals surface area contributed by atoms with Crippen molar-refractivity contribution in [3.8, 4) is 5.75 Å². The molecule has 2 aliphatic rings. The predicted molar refractivity (Wildman–Crippen MR) is 82.4 cm³/mol. The Morgan fingerprint density at radius 2 is 2.00 bits per heavy atom. The number of rotatable bonds is 5. The fourth-order valence-corrected chi connectivity index (χ4v) is 3.53. The van der Waals surface area contributed by atoms with Crippen LogP contribution in [0.3, 0.4) is 0 Å². The Labute approximate surface area is 122 Å². The van der Waals surface area contributed by atoms with Crippen LogP contribution in [0.15, 0.2) is 24.3 Å². The highest BCUT2D eigenvalue weighted by Gasteiger charge is 2.32. The first-order valence-corrected chi connectivity index (χ1v) is 7.89. The van der Waals surface area contributed by atoms with E-state index in [1.165, 1.54) is 37.8 Å². The zero-order valence-corrected chi connectivity index (χ0v) is 12.6. The Kier molecular flexibility index (Phi) is 4.27. The summed E-state index contributed by atoms with van der Waals surface area (Å²) >= 11 is 0. The van der Waals surface area contributed by atoms with Crippen molar-refractivity contribution < 1.29 is 4.74 Å². The summed E-state index contributed by atoms with van der Waals surface area (Å²) in [5.41, 5.74) is 1.45. The summed E-state index contributed by atoms with van der Waals surface area (Å²) in [5.74, 6) is 1.67. The minimum absolute atomic E-state index is 0.597. The Morgan fingerprint density at radius 3 is 2.60 bits per heavy atom. The molecular weight excluding hydrogens is 248 g/mol. The minimum Gasteiger partial charge on any atom is -0.497 e. The van der Waals surface area contributed by atoms with Gasteiger partial charge in [0.25, 0.3) is 0 Å². The standard InChI is InChI=1S/C17H26N2O/c1-12(17-4-3-9-18-17)19-15-10-14(11-15)13-5-7-16(20-2)8-6-13/h5-8,12,14-15,17-19H,3-4,9-11H2,1-2H3/t12?,14?,15?,17-/m1/s1. The second kappa shape index (κ2) is 6.15. The van der Waals surface area contributed by atoms with Crippen LogP contribution in [0.1, 0.15) is 44.1 Å². The lowest BCUT2D eigenvalue weighted by atomic mass is 9.75. The topological polar surface area (TPSA) is 33.3 Å². The first-order chi connectivity index (χ1) is 9.76. The van der Waals surface area contributed by atoms with Crippen molar-refractivity contribution in [3.05, 3.63) is 29.8 Å². The average Bonchev–Trinajstić information content (AvgIpc) is 2.96. The molecule has 2 atom stereocenters. The van der Waals surface area contributed by atoms with Crippen molar-refractivity contribution in [1.82, 2.24) is 10.6 Å². The van der Waals surface area contributed by atoms with Gasteiger partial charge in [-0.15, -0.1) is 0 Å². The van der Waals surface area contributed by atoms with Gasteiger partial charge in [-0.1, -0.05) is 12.1 Å². The number of ether oxygens (including phenoxy) is 1. The maximum absolute atomic E-state index is 5.21. The van der Waals surface area contributed by atoms with Crippen molar-refractivity contribution in [1.29, 1.82) is 0 Å². The smallest absolute Gasteiger partial charge is 0.118 e. The van der Waals surface area contributed by atoms with Crippen molar-refractivity contribution in [3.63, 3.8) is 0 Å². The highest BCUT2D eigenvalue weighted by molar-refractivity contribution is 5.31. The normalized spacial score (nSPS) is 30.8. The van der Waals surface area contributed by atoms with E-state index in [4.69, 9.17) is 4.74 Å². The molecule has 3 rings (SSSR count). The number of benzene rings is 1. The molecule has 0 aromatic heterocycles. The number of methoxy groups -OCH3 is 1. The van der Waals surface area contributed by atoms with Gasteiger partial charge in [-0.25, -0.2) is 0 Å². The van der Waals surface area contributed by atoms with Gasteiger partial charge in [0.15, 0.2) is 0 Å². The quantitative estimate of drug-likeness (QED) is 0.866. The summed E-state index contributed by atoms with van der Waals surface area (Å²) in [4.78, 5) is 0. The fraction of sp³-hybridized carbons (Fsp3) is 0.647. The van der Waals surface area contributed by atoms with Gasteiger partial charge in [0.2, 0.25) is 0 Å². The fourth-order valence-electron chi connectivity index (χ4n) is 3.53. The molecule has 1 saturated carbocycles. The van der Waals surface area contributed by atoms with Gasteiger partial charge >= 0.3 is 0 Å². The highest BCUT2D eigenvalue weighted by atomic mass is 16.5. The molecule has 1 saturated heterocycles. The second-order valence-electron chi connectivity index (χ2n) is 6.30. The van der Waals surface area contributed by atoms with E-state index in [0.29, 0.717) is 18.1 Å². The number of hydrogen-bond acceptors (Lipinski definition) is 3. The Bertz CT molecular complexity index is 419. The van der Waals surface area contributed by atoms with Gasteiger partial charge in [-0.05, 0) is 62.8 Å². The van der Waals surface area contributed by atoms with E-state index < -0.39 is 0 Å². The van der Waals surface area contributed by atoms with Crippen LogP contribution < -0.4 is 15.4 Å². The van der Waals surface area contributed by atoms with Gasteiger partial charge in [0.1, 0.15) is 5.75 Å². The molecule has 1 aliphatic carbocycles. The SMILES string of the molecule is COc1ccc(C2CC(NC(C)[C@H]3CCCN3)C2)cc1. The van der Waals surface area contributed by atoms with Crippen LogP contribution in [-0.4, -0.2) is 31.8 Å². The van der Waals surface area contributed by atoms with Gasteiger partial charge in [-0.3, -0.25) is 0 Å². The Balaban J connectivity index is 1.45. The molecule has 110 valence electrons. The first kappa shape index (κ1) is 13.9. The van der Waals surface area contributed by atoms with E-state index in [0.717, 1.165) is 11.7 Å². The summed E-state index contributed by atoms with van der Waals surface area (Å²) in [7, 11) is 1.72. The molecule has 3 heteroatoms. The van der Waals surface area contributed by atoms with Crippen LogP contribution in [0.2, 0.25) is 0 Å². The van der Waals surface area contributed by atoms with Gasteiger partial charge in [0, 0.05) is 18.1 Å².